The molecule has 38 heavy (non-hydrogen) atoms. The zero-order chi connectivity index (χ0) is 26.9. The number of benzene rings is 4. The van der Waals surface area contributed by atoms with Gasteiger partial charge in [-0.05, 0) is 66.1 Å². The second-order valence-electron chi connectivity index (χ2n) is 8.28. The molecule has 0 aliphatic rings. The molecule has 0 spiro atoms. The van der Waals surface area contributed by atoms with Crippen molar-refractivity contribution in [2.45, 2.75) is 19.6 Å². The molecule has 0 radical (unpaired) electrons. The van der Waals surface area contributed by atoms with Gasteiger partial charge in [0.2, 0.25) is 0 Å². The summed E-state index contributed by atoms with van der Waals surface area (Å²) in [5.41, 5.74) is 6.08. The molecule has 1 N–H and O–H groups in total. The maximum Gasteiger partial charge on any atom is 0.280 e. The highest BCUT2D eigenvalue weighted by atomic mass is 35.5. The molecule has 4 aromatic carbocycles. The van der Waals surface area contributed by atoms with Crippen molar-refractivity contribution in [1.82, 2.24) is 5.43 Å². The van der Waals surface area contributed by atoms with Gasteiger partial charge in [0.15, 0.2) is 17.6 Å². The van der Waals surface area contributed by atoms with Gasteiger partial charge in [0.25, 0.3) is 5.91 Å². The number of nitrogens with one attached hydrogen (secondary N) is 1. The number of hydrogen-bond donors (Lipinski definition) is 1. The monoisotopic (exact) mass is 548 g/mol. The average Bonchev–Trinajstić information content (AvgIpc) is 2.94. The Kier molecular flexibility index (Phi) is 9.25. The lowest BCUT2D eigenvalue weighted by Crippen LogP contribution is -2.33. The molecular weight excluding hydrogens is 523 g/mol. The summed E-state index contributed by atoms with van der Waals surface area (Å²) in [6.07, 6.45) is 0.771. The summed E-state index contributed by atoms with van der Waals surface area (Å²) in [6, 6.07) is 28.2. The number of carbonyl (C=O) groups excluding carboxylic acids is 1. The lowest BCUT2D eigenvalue weighted by molar-refractivity contribution is -0.127. The molecule has 0 aliphatic heterocycles. The van der Waals surface area contributed by atoms with Gasteiger partial charge in [-0.1, -0.05) is 71.7 Å². The van der Waals surface area contributed by atoms with Gasteiger partial charge in [-0.3, -0.25) is 4.79 Å². The highest BCUT2D eigenvalue weighted by molar-refractivity contribution is 6.35. The van der Waals surface area contributed by atoms with Crippen LogP contribution in [0.4, 0.5) is 0 Å². The van der Waals surface area contributed by atoms with Crippen LogP contribution in [0.1, 0.15) is 18.1 Å². The second kappa shape index (κ2) is 13.0. The Morgan fingerprint density at radius 3 is 2.26 bits per heavy atom. The molecule has 0 fully saturated rings. The largest absolute Gasteiger partial charge is 0.493 e. The Balaban J connectivity index is 1.31. The summed E-state index contributed by atoms with van der Waals surface area (Å²) >= 11 is 12.4. The van der Waals surface area contributed by atoms with Crippen LogP contribution >= 0.6 is 23.2 Å². The van der Waals surface area contributed by atoms with Crippen LogP contribution in [0.3, 0.4) is 0 Å². The van der Waals surface area contributed by atoms with E-state index in [0.717, 1.165) is 11.1 Å². The topological polar surface area (TPSA) is 69.2 Å². The van der Waals surface area contributed by atoms with Crippen LogP contribution in [0.25, 0.3) is 11.1 Å². The summed E-state index contributed by atoms with van der Waals surface area (Å²) in [7, 11) is 1.54. The van der Waals surface area contributed by atoms with E-state index >= 15 is 0 Å². The second-order valence-corrected chi connectivity index (χ2v) is 9.10. The molecule has 1 atom stereocenters. The molecular formula is C30H26Cl2N2O4. The molecule has 6 nitrogen and oxygen atoms in total. The smallest absolute Gasteiger partial charge is 0.280 e. The minimum absolute atomic E-state index is 0.186. The number of hydrazone groups is 1. The zero-order valence-corrected chi connectivity index (χ0v) is 22.4. The van der Waals surface area contributed by atoms with E-state index in [1.54, 1.807) is 50.4 Å². The highest BCUT2D eigenvalue weighted by Gasteiger charge is 2.14. The number of carbonyl (C=O) groups is 1. The van der Waals surface area contributed by atoms with Crippen LogP contribution in [-0.2, 0) is 11.4 Å². The predicted molar refractivity (Wildman–Crippen MR) is 151 cm³/mol. The lowest BCUT2D eigenvalue weighted by atomic mass is 10.1. The first-order chi connectivity index (χ1) is 18.4. The van der Waals surface area contributed by atoms with Gasteiger partial charge in [-0.25, -0.2) is 5.43 Å². The number of ether oxygens (including phenoxy) is 3. The van der Waals surface area contributed by atoms with E-state index in [1.165, 1.54) is 6.21 Å². The molecule has 0 heterocycles. The van der Waals surface area contributed by atoms with Gasteiger partial charge in [0.1, 0.15) is 12.4 Å². The fourth-order valence-corrected chi connectivity index (χ4v) is 4.09. The molecule has 1 amide bonds. The molecule has 4 aromatic rings. The molecule has 0 saturated heterocycles. The van der Waals surface area contributed by atoms with Crippen molar-refractivity contribution in [3.8, 4) is 28.4 Å². The van der Waals surface area contributed by atoms with Crippen molar-refractivity contribution in [2.75, 3.05) is 7.11 Å². The number of nitrogens with zero attached hydrogens (tertiary/aromatic N) is 1. The Bertz CT molecular complexity index is 1390. The van der Waals surface area contributed by atoms with E-state index in [1.807, 2.05) is 54.6 Å². The molecule has 8 heteroatoms. The van der Waals surface area contributed by atoms with E-state index in [9.17, 15) is 4.79 Å². The van der Waals surface area contributed by atoms with Crippen LogP contribution in [-0.4, -0.2) is 25.3 Å². The van der Waals surface area contributed by atoms with Crippen molar-refractivity contribution >= 4 is 35.3 Å². The van der Waals surface area contributed by atoms with E-state index in [4.69, 9.17) is 37.4 Å². The number of rotatable bonds is 10. The van der Waals surface area contributed by atoms with Crippen molar-refractivity contribution in [2.24, 2.45) is 5.10 Å². The van der Waals surface area contributed by atoms with Crippen LogP contribution in [0.15, 0.2) is 96.1 Å². The van der Waals surface area contributed by atoms with E-state index in [-0.39, 0.29) is 12.5 Å². The Morgan fingerprint density at radius 2 is 1.58 bits per heavy atom. The van der Waals surface area contributed by atoms with Crippen molar-refractivity contribution in [3.63, 3.8) is 0 Å². The van der Waals surface area contributed by atoms with Gasteiger partial charge in [0.05, 0.1) is 13.3 Å². The maximum absolute atomic E-state index is 12.5. The lowest BCUT2D eigenvalue weighted by Gasteiger charge is -2.14. The summed E-state index contributed by atoms with van der Waals surface area (Å²) in [4.78, 5) is 12.5. The first kappa shape index (κ1) is 27.0. The normalized spacial score (nSPS) is 11.7. The van der Waals surface area contributed by atoms with Gasteiger partial charge >= 0.3 is 0 Å². The first-order valence-electron chi connectivity index (χ1n) is 11.8. The number of amides is 1. The molecule has 4 rings (SSSR count). The zero-order valence-electron chi connectivity index (χ0n) is 20.9. The third-order valence-corrected chi connectivity index (χ3v) is 6.36. The maximum atomic E-state index is 12.5. The highest BCUT2D eigenvalue weighted by Crippen LogP contribution is 2.31. The molecule has 0 aliphatic carbocycles. The summed E-state index contributed by atoms with van der Waals surface area (Å²) in [6.45, 7) is 1.85. The van der Waals surface area contributed by atoms with Gasteiger partial charge in [-0.2, -0.15) is 5.10 Å². The molecule has 0 saturated carbocycles. The summed E-state index contributed by atoms with van der Waals surface area (Å²) in [5, 5.41) is 5.10. The molecule has 0 aromatic heterocycles. The standard InChI is InChI=1S/C30H26Cl2N2O4/c1-20(38-24-14-12-23(13-15-24)22-7-4-3-5-8-22)30(35)34-33-18-21-11-16-28(29(17-21)36-2)37-19-25-26(31)9-6-10-27(25)32/h3-18,20H,19H2,1-2H3,(H,34,35)/b33-18+/t20-/m0/s1. The minimum atomic E-state index is -0.739. The van der Waals surface area contributed by atoms with Crippen LogP contribution in [0.5, 0.6) is 17.2 Å². The number of hydrogen-bond acceptors (Lipinski definition) is 5. The van der Waals surface area contributed by atoms with Gasteiger partial charge in [0, 0.05) is 15.6 Å². The summed E-state index contributed by atoms with van der Waals surface area (Å²) < 4.78 is 17.1. The molecule has 194 valence electrons. The van der Waals surface area contributed by atoms with E-state index in [0.29, 0.717) is 38.4 Å². The van der Waals surface area contributed by atoms with E-state index < -0.39 is 6.10 Å². The quantitative estimate of drug-likeness (QED) is 0.168. The van der Waals surface area contributed by atoms with Crippen molar-refractivity contribution < 1.29 is 19.0 Å². The Hall–Kier alpha value is -4.00. The van der Waals surface area contributed by atoms with Crippen LogP contribution < -0.4 is 19.6 Å². The van der Waals surface area contributed by atoms with Crippen molar-refractivity contribution in [1.29, 1.82) is 0 Å². The third kappa shape index (κ3) is 7.06. The molecule has 0 bridgehead atoms. The Labute approximate surface area is 231 Å². The molecule has 0 unspecified atom stereocenters. The third-order valence-electron chi connectivity index (χ3n) is 5.65. The van der Waals surface area contributed by atoms with Crippen LogP contribution in [0.2, 0.25) is 10.0 Å². The first-order valence-corrected chi connectivity index (χ1v) is 12.6. The van der Waals surface area contributed by atoms with Crippen molar-refractivity contribution in [3.05, 3.63) is 112 Å². The predicted octanol–water partition coefficient (Wildman–Crippen LogP) is 7.17. The summed E-state index contributed by atoms with van der Waals surface area (Å²) in [5.74, 6) is 1.23. The van der Waals surface area contributed by atoms with Gasteiger partial charge < -0.3 is 14.2 Å². The Morgan fingerprint density at radius 1 is 0.895 bits per heavy atom. The number of halogens is 2. The van der Waals surface area contributed by atoms with Crippen LogP contribution in [0, 0.1) is 0 Å². The SMILES string of the molecule is COc1cc(/C=N/NC(=O)[C@H](C)Oc2ccc(-c3ccccc3)cc2)ccc1OCc1c(Cl)cccc1Cl. The van der Waals surface area contributed by atoms with E-state index in [2.05, 4.69) is 10.5 Å². The number of methoxy groups -OCH3 is 1. The fourth-order valence-electron chi connectivity index (χ4n) is 3.58. The fraction of sp³-hybridized carbons (Fsp3) is 0.133. The average molecular weight is 549 g/mol. The minimum Gasteiger partial charge on any atom is -0.493 e. The van der Waals surface area contributed by atoms with Gasteiger partial charge in [-0.15, -0.1) is 0 Å².